The zero-order chi connectivity index (χ0) is 24.3. The minimum Gasteiger partial charge on any atom is -0.384 e. The van der Waals surface area contributed by atoms with Crippen molar-refractivity contribution in [1.29, 1.82) is 0 Å². The molecule has 1 aromatic heterocycles. The maximum atomic E-state index is 14.2. The summed E-state index contributed by atoms with van der Waals surface area (Å²) in [7, 11) is 0. The summed E-state index contributed by atoms with van der Waals surface area (Å²) in [4.78, 5) is 22.9. The van der Waals surface area contributed by atoms with E-state index in [4.69, 9.17) is 5.73 Å². The fourth-order valence-electron chi connectivity index (χ4n) is 4.78. The van der Waals surface area contributed by atoms with Crippen molar-refractivity contribution in [2.75, 3.05) is 45.0 Å². The molecule has 2 N–H and O–H groups in total. The molecule has 184 valence electrons. The third-order valence-corrected chi connectivity index (χ3v) is 6.68. The summed E-state index contributed by atoms with van der Waals surface area (Å²) in [5.74, 6) is -0.302. The van der Waals surface area contributed by atoms with E-state index in [1.54, 1.807) is 16.0 Å². The SMILES string of the molecule is Nc1cc(CN2CCC(C(=O)N3CCN(Cc4c(F)cccc4C(F)(F)F)CC3)CC2)ccn1. The van der Waals surface area contributed by atoms with E-state index in [1.807, 2.05) is 12.1 Å². The first-order valence-electron chi connectivity index (χ1n) is 11.5. The standard InChI is InChI=1S/C24H29F4N5O/c25-21-3-1-2-20(24(26,27)28)19(21)16-32-10-12-33(13-11-32)23(34)18-5-8-31(9-6-18)15-17-4-7-30-22(29)14-17/h1-4,7,14,18H,5-6,8-13,15-16H2,(H2,29,30). The Kier molecular flexibility index (Phi) is 7.37. The number of hydrogen-bond acceptors (Lipinski definition) is 5. The van der Waals surface area contributed by atoms with Crippen molar-refractivity contribution in [2.45, 2.75) is 32.1 Å². The average molecular weight is 480 g/mol. The molecule has 0 bridgehead atoms. The number of carbonyl (C=O) groups is 1. The van der Waals surface area contributed by atoms with E-state index in [-0.39, 0.29) is 23.9 Å². The molecule has 0 atom stereocenters. The number of benzene rings is 1. The Morgan fingerprint density at radius 3 is 2.32 bits per heavy atom. The lowest BCUT2D eigenvalue weighted by Crippen LogP contribution is -2.51. The molecule has 0 saturated carbocycles. The maximum Gasteiger partial charge on any atom is 0.416 e. The Morgan fingerprint density at radius 2 is 1.68 bits per heavy atom. The predicted molar refractivity (Wildman–Crippen MR) is 120 cm³/mol. The van der Waals surface area contributed by atoms with Crippen molar-refractivity contribution in [3.63, 3.8) is 0 Å². The highest BCUT2D eigenvalue weighted by atomic mass is 19.4. The minimum absolute atomic E-state index is 0.0475. The van der Waals surface area contributed by atoms with Crippen LogP contribution >= 0.6 is 0 Å². The molecule has 2 saturated heterocycles. The topological polar surface area (TPSA) is 65.7 Å². The molecule has 2 aromatic rings. The summed E-state index contributed by atoms with van der Waals surface area (Å²) in [6, 6.07) is 6.84. The second-order valence-corrected chi connectivity index (χ2v) is 9.00. The predicted octanol–water partition coefficient (Wildman–Crippen LogP) is 3.38. The van der Waals surface area contributed by atoms with Crippen molar-refractivity contribution in [3.8, 4) is 0 Å². The van der Waals surface area contributed by atoms with E-state index in [0.717, 1.165) is 56.2 Å². The molecule has 3 heterocycles. The van der Waals surface area contributed by atoms with Gasteiger partial charge in [-0.3, -0.25) is 14.6 Å². The van der Waals surface area contributed by atoms with Crippen LogP contribution in [0.1, 0.15) is 29.5 Å². The number of aromatic nitrogens is 1. The zero-order valence-electron chi connectivity index (χ0n) is 18.9. The Balaban J connectivity index is 1.26. The van der Waals surface area contributed by atoms with Crippen LogP contribution in [0.3, 0.4) is 0 Å². The van der Waals surface area contributed by atoms with Crippen LogP contribution in [0.15, 0.2) is 36.5 Å². The number of alkyl halides is 3. The van der Waals surface area contributed by atoms with Gasteiger partial charge in [0.1, 0.15) is 11.6 Å². The van der Waals surface area contributed by atoms with Gasteiger partial charge in [0.15, 0.2) is 0 Å². The molecule has 34 heavy (non-hydrogen) atoms. The van der Waals surface area contributed by atoms with Gasteiger partial charge in [-0.25, -0.2) is 9.37 Å². The van der Waals surface area contributed by atoms with Crippen LogP contribution in [0.5, 0.6) is 0 Å². The second kappa shape index (κ2) is 10.3. The van der Waals surface area contributed by atoms with Gasteiger partial charge in [0.25, 0.3) is 0 Å². The number of pyridine rings is 1. The molecular weight excluding hydrogens is 450 g/mol. The molecule has 0 aliphatic carbocycles. The molecule has 0 radical (unpaired) electrons. The number of halogens is 4. The largest absolute Gasteiger partial charge is 0.416 e. The Labute approximate surface area is 196 Å². The molecule has 4 rings (SSSR count). The third kappa shape index (κ3) is 5.85. The van der Waals surface area contributed by atoms with E-state index < -0.39 is 17.6 Å². The Bertz CT molecular complexity index is 999. The minimum atomic E-state index is -4.60. The summed E-state index contributed by atoms with van der Waals surface area (Å²) in [5.41, 5.74) is 5.56. The van der Waals surface area contributed by atoms with Crippen LogP contribution in [-0.4, -0.2) is 64.9 Å². The van der Waals surface area contributed by atoms with Crippen LogP contribution in [-0.2, 0) is 24.1 Å². The van der Waals surface area contributed by atoms with Gasteiger partial charge in [0.2, 0.25) is 5.91 Å². The number of hydrogen-bond donors (Lipinski definition) is 1. The number of anilines is 1. The van der Waals surface area contributed by atoms with Gasteiger partial charge in [-0.15, -0.1) is 0 Å². The maximum absolute atomic E-state index is 14.2. The van der Waals surface area contributed by atoms with E-state index in [2.05, 4.69) is 9.88 Å². The van der Waals surface area contributed by atoms with Gasteiger partial charge in [-0.1, -0.05) is 6.07 Å². The third-order valence-electron chi connectivity index (χ3n) is 6.68. The summed E-state index contributed by atoms with van der Waals surface area (Å²) >= 11 is 0. The van der Waals surface area contributed by atoms with Gasteiger partial charge < -0.3 is 10.6 Å². The van der Waals surface area contributed by atoms with Crippen molar-refractivity contribution in [2.24, 2.45) is 5.92 Å². The number of likely N-dealkylation sites (tertiary alicyclic amines) is 1. The summed E-state index contributed by atoms with van der Waals surface area (Å²) in [6.07, 6.45) is -1.38. The van der Waals surface area contributed by atoms with Crippen LogP contribution < -0.4 is 5.73 Å². The normalized spacial score (nSPS) is 18.9. The first-order valence-corrected chi connectivity index (χ1v) is 11.5. The highest BCUT2D eigenvalue weighted by molar-refractivity contribution is 5.79. The highest BCUT2D eigenvalue weighted by Gasteiger charge is 2.36. The van der Waals surface area contributed by atoms with E-state index in [9.17, 15) is 22.4 Å². The van der Waals surface area contributed by atoms with Crippen molar-refractivity contribution in [3.05, 3.63) is 59.0 Å². The van der Waals surface area contributed by atoms with Crippen LogP contribution in [0.25, 0.3) is 0 Å². The fourth-order valence-corrected chi connectivity index (χ4v) is 4.78. The number of piperazine rings is 1. The lowest BCUT2D eigenvalue weighted by Gasteiger charge is -2.38. The quantitative estimate of drug-likeness (QED) is 0.667. The van der Waals surface area contributed by atoms with Crippen molar-refractivity contribution < 1.29 is 22.4 Å². The van der Waals surface area contributed by atoms with Gasteiger partial charge in [-0.2, -0.15) is 13.2 Å². The van der Waals surface area contributed by atoms with Gasteiger partial charge in [0.05, 0.1) is 5.56 Å². The van der Waals surface area contributed by atoms with Crippen LogP contribution in [0, 0.1) is 11.7 Å². The molecule has 0 spiro atoms. The van der Waals surface area contributed by atoms with Crippen LogP contribution in [0.4, 0.5) is 23.4 Å². The summed E-state index contributed by atoms with van der Waals surface area (Å²) < 4.78 is 54.0. The molecule has 6 nitrogen and oxygen atoms in total. The first kappa shape index (κ1) is 24.4. The van der Waals surface area contributed by atoms with Gasteiger partial charge in [0, 0.05) is 56.9 Å². The second-order valence-electron chi connectivity index (χ2n) is 9.00. The molecule has 2 fully saturated rings. The average Bonchev–Trinajstić information content (AvgIpc) is 2.80. The van der Waals surface area contributed by atoms with E-state index in [1.165, 1.54) is 0 Å². The first-order chi connectivity index (χ1) is 16.2. The molecule has 1 aromatic carbocycles. The number of amides is 1. The molecule has 2 aliphatic rings. The van der Waals surface area contributed by atoms with Crippen molar-refractivity contribution in [1.82, 2.24) is 19.7 Å². The van der Waals surface area contributed by atoms with Gasteiger partial charge in [-0.05, 0) is 55.8 Å². The Hall–Kier alpha value is -2.72. The monoisotopic (exact) mass is 479 g/mol. The number of nitrogens with two attached hydrogens (primary N) is 1. The lowest BCUT2D eigenvalue weighted by atomic mass is 9.94. The number of piperidine rings is 1. The molecule has 1 amide bonds. The van der Waals surface area contributed by atoms with Crippen LogP contribution in [0.2, 0.25) is 0 Å². The van der Waals surface area contributed by atoms with Gasteiger partial charge >= 0.3 is 6.18 Å². The molecular formula is C24H29F4N5O. The number of nitrogen functional groups attached to an aromatic ring is 1. The number of nitrogens with zero attached hydrogens (tertiary/aromatic N) is 4. The molecule has 2 aliphatic heterocycles. The highest BCUT2D eigenvalue weighted by Crippen LogP contribution is 2.34. The van der Waals surface area contributed by atoms with E-state index in [0.29, 0.717) is 32.0 Å². The molecule has 10 heteroatoms. The van der Waals surface area contributed by atoms with Crippen molar-refractivity contribution >= 4 is 11.7 Å². The Morgan fingerprint density at radius 1 is 1.00 bits per heavy atom. The van der Waals surface area contributed by atoms with E-state index >= 15 is 0 Å². The molecule has 0 unspecified atom stereocenters. The lowest BCUT2D eigenvalue weighted by molar-refractivity contribution is -0.139. The fraction of sp³-hybridized carbons (Fsp3) is 0.500. The number of rotatable bonds is 5. The summed E-state index contributed by atoms with van der Waals surface area (Å²) in [6.45, 7) is 3.97. The number of carbonyl (C=O) groups excluding carboxylic acids is 1. The smallest absolute Gasteiger partial charge is 0.384 e. The zero-order valence-corrected chi connectivity index (χ0v) is 18.9. The summed E-state index contributed by atoms with van der Waals surface area (Å²) in [5, 5.41) is 0.